The first-order valence-electron chi connectivity index (χ1n) is 7.83. The van der Waals surface area contributed by atoms with E-state index in [4.69, 9.17) is 19.9 Å². The summed E-state index contributed by atoms with van der Waals surface area (Å²) in [6, 6.07) is 2.86. The maximum atomic E-state index is 12.9. The summed E-state index contributed by atoms with van der Waals surface area (Å²) >= 11 is 0. The van der Waals surface area contributed by atoms with Gasteiger partial charge in [0.2, 0.25) is 10.0 Å². The molecule has 1 amide bonds. The predicted molar refractivity (Wildman–Crippen MR) is 85.9 cm³/mol. The number of amides is 1. The Labute approximate surface area is 149 Å². The van der Waals surface area contributed by atoms with E-state index in [9.17, 15) is 23.1 Å². The number of hydrogen-bond donors (Lipinski definition) is 2. The molecule has 0 bridgehead atoms. The third-order valence-electron chi connectivity index (χ3n) is 3.98. The summed E-state index contributed by atoms with van der Waals surface area (Å²) in [7, 11) is -4.12. The minimum atomic E-state index is -4.12. The van der Waals surface area contributed by atoms with Crippen LogP contribution >= 0.6 is 0 Å². The Bertz CT molecular complexity index is 825. The molecule has 0 radical (unpaired) electrons. The maximum absolute atomic E-state index is 12.9. The number of primary amides is 1. The molecule has 11 heteroatoms. The highest BCUT2D eigenvalue weighted by Crippen LogP contribution is 2.35. The Kier molecular flexibility index (Phi) is 5.03. The molecule has 26 heavy (non-hydrogen) atoms. The lowest BCUT2D eigenvalue weighted by Gasteiger charge is -2.24. The number of aliphatic hydroxyl groups excluding tert-OH is 1. The molecule has 2 aliphatic rings. The second kappa shape index (κ2) is 7.09. The number of nitrogens with zero attached hydrogens (tertiary/aromatic N) is 1. The number of hydrogen-bond acceptors (Lipinski definition) is 8. The van der Waals surface area contributed by atoms with Crippen LogP contribution in [0.25, 0.3) is 0 Å². The molecule has 1 saturated heterocycles. The van der Waals surface area contributed by atoms with Gasteiger partial charge < -0.3 is 25.1 Å². The zero-order chi connectivity index (χ0) is 18.9. The van der Waals surface area contributed by atoms with Crippen molar-refractivity contribution in [2.24, 2.45) is 5.73 Å². The van der Waals surface area contributed by atoms with Crippen molar-refractivity contribution in [3.05, 3.63) is 18.2 Å². The molecule has 10 nitrogen and oxygen atoms in total. The lowest BCUT2D eigenvalue weighted by atomic mass is 10.2. The van der Waals surface area contributed by atoms with Crippen LogP contribution in [0.5, 0.6) is 11.5 Å². The summed E-state index contributed by atoms with van der Waals surface area (Å²) < 4.78 is 42.2. The topological polar surface area (TPSA) is 145 Å². The third-order valence-corrected chi connectivity index (χ3v) is 5.85. The summed E-state index contributed by atoms with van der Waals surface area (Å²) in [5.41, 5.74) is 4.92. The van der Waals surface area contributed by atoms with Crippen LogP contribution in [0.3, 0.4) is 0 Å². The first-order chi connectivity index (χ1) is 12.3. The van der Waals surface area contributed by atoms with E-state index in [-0.39, 0.29) is 23.6 Å². The average molecular weight is 386 g/mol. The highest BCUT2D eigenvalue weighted by atomic mass is 32.2. The number of sulfonamides is 1. The van der Waals surface area contributed by atoms with Crippen LogP contribution in [0.15, 0.2) is 23.1 Å². The minimum Gasteiger partial charge on any atom is -0.486 e. The lowest BCUT2D eigenvalue weighted by Crippen LogP contribution is -2.42. The van der Waals surface area contributed by atoms with E-state index in [2.05, 4.69) is 0 Å². The normalized spacial score (nSPS) is 22.8. The Morgan fingerprint density at radius 3 is 2.65 bits per heavy atom. The van der Waals surface area contributed by atoms with Crippen molar-refractivity contribution in [1.82, 2.24) is 4.31 Å². The number of nitrogens with two attached hydrogens (primary N) is 1. The molecule has 142 valence electrons. The fourth-order valence-electron chi connectivity index (χ4n) is 2.82. The van der Waals surface area contributed by atoms with Crippen molar-refractivity contribution in [2.45, 2.75) is 23.5 Å². The second-order valence-corrected chi connectivity index (χ2v) is 7.75. The molecule has 2 heterocycles. The highest BCUT2D eigenvalue weighted by Gasteiger charge is 2.44. The van der Waals surface area contributed by atoms with Gasteiger partial charge in [0.25, 0.3) is 5.91 Å². The number of benzene rings is 1. The van der Waals surface area contributed by atoms with Crippen molar-refractivity contribution >= 4 is 21.9 Å². The first-order valence-corrected chi connectivity index (χ1v) is 9.27. The number of rotatable bonds is 5. The van der Waals surface area contributed by atoms with Crippen molar-refractivity contribution in [3.8, 4) is 11.5 Å². The molecule has 1 unspecified atom stereocenters. The number of carbonyl (C=O) groups excluding carboxylic acids is 2. The van der Waals surface area contributed by atoms with Gasteiger partial charge in [-0.2, -0.15) is 4.31 Å². The average Bonchev–Trinajstić information content (AvgIpc) is 3.02. The predicted octanol–water partition coefficient (Wildman–Crippen LogP) is -1.39. The van der Waals surface area contributed by atoms with Gasteiger partial charge in [0.05, 0.1) is 11.0 Å². The third kappa shape index (κ3) is 3.59. The molecule has 3 N–H and O–H groups in total. The molecule has 0 aliphatic carbocycles. The summed E-state index contributed by atoms with van der Waals surface area (Å²) in [6.45, 7) is -0.275. The zero-order valence-electron chi connectivity index (χ0n) is 13.7. The van der Waals surface area contributed by atoms with E-state index in [1.165, 1.54) is 18.2 Å². The highest BCUT2D eigenvalue weighted by molar-refractivity contribution is 7.89. The summed E-state index contributed by atoms with van der Waals surface area (Å²) in [4.78, 5) is 22.8. The molecule has 0 spiro atoms. The lowest BCUT2D eigenvalue weighted by molar-refractivity contribution is -0.151. The van der Waals surface area contributed by atoms with Gasteiger partial charge >= 0.3 is 5.97 Å². The molecule has 2 atom stereocenters. The van der Waals surface area contributed by atoms with E-state index in [0.29, 0.717) is 19.0 Å². The molecule has 2 aliphatic heterocycles. The number of fused-ring (bicyclic) bond motifs is 1. The molecule has 1 aromatic rings. The molecular formula is C15H18N2O8S. The fourth-order valence-corrected chi connectivity index (χ4v) is 4.46. The van der Waals surface area contributed by atoms with Gasteiger partial charge in [0.15, 0.2) is 18.1 Å². The smallest absolute Gasteiger partial charge is 0.325 e. The monoisotopic (exact) mass is 386 g/mol. The van der Waals surface area contributed by atoms with Crippen LogP contribution in [-0.4, -0.2) is 68.2 Å². The summed E-state index contributed by atoms with van der Waals surface area (Å²) in [5.74, 6) is -1.10. The van der Waals surface area contributed by atoms with E-state index in [1.54, 1.807) is 0 Å². The van der Waals surface area contributed by atoms with Crippen LogP contribution in [0.4, 0.5) is 0 Å². The molecule has 0 saturated carbocycles. The van der Waals surface area contributed by atoms with Gasteiger partial charge in [0, 0.05) is 19.0 Å². The minimum absolute atomic E-state index is 0.108. The number of aliphatic hydroxyl groups is 1. The van der Waals surface area contributed by atoms with Crippen molar-refractivity contribution < 1.29 is 37.3 Å². The molecule has 0 aromatic heterocycles. The fraction of sp³-hybridized carbons (Fsp3) is 0.467. The number of esters is 1. The molecule has 3 rings (SSSR count). The van der Waals surface area contributed by atoms with Gasteiger partial charge in [-0.25, -0.2) is 8.42 Å². The number of ether oxygens (including phenoxy) is 3. The van der Waals surface area contributed by atoms with E-state index >= 15 is 0 Å². The van der Waals surface area contributed by atoms with E-state index < -0.39 is 40.7 Å². The van der Waals surface area contributed by atoms with Gasteiger partial charge in [-0.15, -0.1) is 0 Å². The molecular weight excluding hydrogens is 368 g/mol. The number of β-amino-alcohol motifs (C(OH)–C–C–N with tert-alkyl or cyclic N) is 1. The van der Waals surface area contributed by atoms with Crippen LogP contribution in [0.2, 0.25) is 0 Å². The van der Waals surface area contributed by atoms with Gasteiger partial charge in [-0.1, -0.05) is 0 Å². The van der Waals surface area contributed by atoms with Gasteiger partial charge in [-0.3, -0.25) is 9.59 Å². The van der Waals surface area contributed by atoms with E-state index in [1.807, 2.05) is 0 Å². The Balaban J connectivity index is 1.86. The Morgan fingerprint density at radius 1 is 1.27 bits per heavy atom. The van der Waals surface area contributed by atoms with Gasteiger partial charge in [0.1, 0.15) is 19.3 Å². The standard InChI is InChI=1S/C15H18N2O8S/c16-14(19)8-25-15(20)11-5-9(18)7-17(11)26(21,22)10-1-2-12-13(6-10)24-4-3-23-12/h1-2,6,9,11,18H,3-5,7-8H2,(H2,16,19)/t9?,11-/m0/s1. The van der Waals surface area contributed by atoms with Gasteiger partial charge in [-0.05, 0) is 12.1 Å². The number of carbonyl (C=O) groups is 2. The first kappa shape index (κ1) is 18.4. The van der Waals surface area contributed by atoms with Crippen molar-refractivity contribution in [2.75, 3.05) is 26.4 Å². The molecule has 1 aromatic carbocycles. The van der Waals surface area contributed by atoms with Crippen molar-refractivity contribution in [1.29, 1.82) is 0 Å². The summed E-state index contributed by atoms with van der Waals surface area (Å²) in [5, 5.41) is 9.85. The Hall–Kier alpha value is -2.37. The van der Waals surface area contributed by atoms with Crippen LogP contribution in [0.1, 0.15) is 6.42 Å². The zero-order valence-corrected chi connectivity index (χ0v) is 14.5. The Morgan fingerprint density at radius 2 is 1.96 bits per heavy atom. The molecule has 1 fully saturated rings. The maximum Gasteiger partial charge on any atom is 0.325 e. The van der Waals surface area contributed by atoms with Crippen molar-refractivity contribution in [3.63, 3.8) is 0 Å². The second-order valence-electron chi connectivity index (χ2n) is 5.86. The SMILES string of the molecule is NC(=O)COC(=O)[C@@H]1CC(O)CN1S(=O)(=O)c1ccc2c(c1)OCCO2. The largest absolute Gasteiger partial charge is 0.486 e. The van der Waals surface area contributed by atoms with E-state index in [0.717, 1.165) is 4.31 Å². The van der Waals surface area contributed by atoms with Crippen LogP contribution in [0, 0.1) is 0 Å². The quantitative estimate of drug-likeness (QED) is 0.588. The summed E-state index contributed by atoms with van der Waals surface area (Å²) in [6.07, 6.45) is -1.17. The van der Waals surface area contributed by atoms with Crippen LogP contribution in [-0.2, 0) is 24.3 Å². The van der Waals surface area contributed by atoms with Crippen LogP contribution < -0.4 is 15.2 Å².